The Morgan fingerprint density at radius 1 is 1.27 bits per heavy atom. The van der Waals surface area contributed by atoms with Gasteiger partial charge in [-0.15, -0.1) is 11.3 Å². The first-order valence-electron chi connectivity index (χ1n) is 8.43. The Balaban J connectivity index is 1.85. The van der Waals surface area contributed by atoms with Crippen LogP contribution in [-0.4, -0.2) is 20.5 Å². The first-order chi connectivity index (χ1) is 14.2. The van der Waals surface area contributed by atoms with E-state index in [4.69, 9.17) is 11.6 Å². The standard InChI is InChI=1S/C19H11BrClF3N4OS/c1-9-10(21)4-2-5-11(9)26-18(29)16-15(20)17-25-12(13-6-3-7-30-13)8-14(19(22,23)24)28(17)27-16/h2-8H,1H3,(H,26,29). The summed E-state index contributed by atoms with van der Waals surface area (Å²) in [7, 11) is 0. The zero-order valence-corrected chi connectivity index (χ0v) is 18.2. The summed E-state index contributed by atoms with van der Waals surface area (Å²) in [5.74, 6) is -0.691. The number of alkyl halides is 3. The molecule has 0 atom stereocenters. The third kappa shape index (κ3) is 3.70. The van der Waals surface area contributed by atoms with Crippen LogP contribution in [0.2, 0.25) is 5.02 Å². The van der Waals surface area contributed by atoms with E-state index in [0.717, 1.165) is 6.07 Å². The monoisotopic (exact) mass is 514 g/mol. The molecule has 0 radical (unpaired) electrons. The van der Waals surface area contributed by atoms with Crippen molar-refractivity contribution in [2.45, 2.75) is 13.1 Å². The van der Waals surface area contributed by atoms with Crippen LogP contribution in [0.5, 0.6) is 0 Å². The summed E-state index contributed by atoms with van der Waals surface area (Å²) in [6.45, 7) is 1.72. The number of amides is 1. The molecule has 5 nitrogen and oxygen atoms in total. The average molecular weight is 516 g/mol. The molecule has 0 spiro atoms. The van der Waals surface area contributed by atoms with Gasteiger partial charge in [0.1, 0.15) is 0 Å². The Morgan fingerprint density at radius 2 is 2.03 bits per heavy atom. The molecule has 1 N–H and O–H groups in total. The highest BCUT2D eigenvalue weighted by molar-refractivity contribution is 9.10. The van der Waals surface area contributed by atoms with Crippen molar-refractivity contribution >= 4 is 56.1 Å². The number of rotatable bonds is 3. The van der Waals surface area contributed by atoms with Gasteiger partial charge < -0.3 is 5.32 Å². The van der Waals surface area contributed by atoms with Crippen molar-refractivity contribution in [2.75, 3.05) is 5.32 Å². The molecule has 11 heteroatoms. The van der Waals surface area contributed by atoms with E-state index in [2.05, 4.69) is 31.3 Å². The molecule has 4 rings (SSSR count). The molecule has 3 aromatic heterocycles. The molecule has 0 saturated carbocycles. The third-order valence-corrected chi connectivity index (χ3v) is 6.36. The number of anilines is 1. The van der Waals surface area contributed by atoms with Gasteiger partial charge in [0.15, 0.2) is 17.0 Å². The summed E-state index contributed by atoms with van der Waals surface area (Å²) in [5.41, 5.74) is -0.171. The summed E-state index contributed by atoms with van der Waals surface area (Å²) in [6, 6.07) is 9.26. The summed E-state index contributed by atoms with van der Waals surface area (Å²) in [4.78, 5) is 17.6. The molecule has 1 amide bonds. The van der Waals surface area contributed by atoms with Crippen molar-refractivity contribution in [3.63, 3.8) is 0 Å². The smallest absolute Gasteiger partial charge is 0.320 e. The topological polar surface area (TPSA) is 59.3 Å². The number of thiophene rings is 1. The van der Waals surface area contributed by atoms with Crippen LogP contribution in [0.3, 0.4) is 0 Å². The molecule has 0 saturated heterocycles. The maximum atomic E-state index is 13.7. The molecule has 30 heavy (non-hydrogen) atoms. The van der Waals surface area contributed by atoms with E-state index in [0.29, 0.717) is 25.7 Å². The van der Waals surface area contributed by atoms with Crippen LogP contribution >= 0.6 is 38.9 Å². The van der Waals surface area contributed by atoms with E-state index < -0.39 is 17.8 Å². The van der Waals surface area contributed by atoms with Crippen LogP contribution < -0.4 is 5.32 Å². The van der Waals surface area contributed by atoms with Crippen molar-refractivity contribution in [1.82, 2.24) is 14.6 Å². The fraction of sp³-hybridized carbons (Fsp3) is 0.105. The van der Waals surface area contributed by atoms with Gasteiger partial charge in [-0.1, -0.05) is 23.7 Å². The molecule has 0 bridgehead atoms. The predicted octanol–water partition coefficient (Wildman–Crippen LogP) is 6.45. The molecule has 0 aliphatic rings. The highest BCUT2D eigenvalue weighted by atomic mass is 79.9. The van der Waals surface area contributed by atoms with E-state index in [-0.39, 0.29) is 21.5 Å². The number of hydrogen-bond donors (Lipinski definition) is 1. The van der Waals surface area contributed by atoms with Gasteiger partial charge in [0.05, 0.1) is 15.0 Å². The maximum absolute atomic E-state index is 13.7. The number of halogens is 5. The summed E-state index contributed by atoms with van der Waals surface area (Å²) < 4.78 is 41.8. The Labute approximate surface area is 185 Å². The fourth-order valence-corrected chi connectivity index (χ4v) is 4.19. The van der Waals surface area contributed by atoms with E-state index in [1.807, 2.05) is 0 Å². The number of benzene rings is 1. The molecular weight excluding hydrogens is 505 g/mol. The van der Waals surface area contributed by atoms with Crippen molar-refractivity contribution in [1.29, 1.82) is 0 Å². The highest BCUT2D eigenvalue weighted by Crippen LogP contribution is 2.36. The van der Waals surface area contributed by atoms with Crippen molar-refractivity contribution in [3.8, 4) is 10.6 Å². The molecule has 4 aromatic rings. The van der Waals surface area contributed by atoms with Crippen molar-refractivity contribution < 1.29 is 18.0 Å². The van der Waals surface area contributed by atoms with Gasteiger partial charge in [0, 0.05) is 10.7 Å². The lowest BCUT2D eigenvalue weighted by atomic mass is 10.2. The van der Waals surface area contributed by atoms with Gasteiger partial charge in [-0.2, -0.15) is 18.3 Å². The zero-order valence-electron chi connectivity index (χ0n) is 15.1. The Morgan fingerprint density at radius 3 is 2.70 bits per heavy atom. The zero-order chi connectivity index (χ0) is 21.6. The second-order valence-electron chi connectivity index (χ2n) is 6.27. The second-order valence-corrected chi connectivity index (χ2v) is 8.41. The van der Waals surface area contributed by atoms with Gasteiger partial charge in [-0.05, 0) is 58.1 Å². The first-order valence-corrected chi connectivity index (χ1v) is 10.5. The van der Waals surface area contributed by atoms with Crippen molar-refractivity contribution in [2.24, 2.45) is 0 Å². The lowest BCUT2D eigenvalue weighted by Crippen LogP contribution is -2.16. The van der Waals surface area contributed by atoms with E-state index >= 15 is 0 Å². The van der Waals surface area contributed by atoms with E-state index in [1.54, 1.807) is 42.6 Å². The normalized spacial score (nSPS) is 11.8. The molecule has 0 aliphatic heterocycles. The minimum Gasteiger partial charge on any atom is -0.320 e. The van der Waals surface area contributed by atoms with E-state index in [9.17, 15) is 18.0 Å². The number of nitrogens with zero attached hydrogens (tertiary/aromatic N) is 3. The van der Waals surface area contributed by atoms with Crippen LogP contribution in [0.4, 0.5) is 18.9 Å². The Hall–Kier alpha value is -2.43. The van der Waals surface area contributed by atoms with Gasteiger partial charge in [0.2, 0.25) is 0 Å². The summed E-state index contributed by atoms with van der Waals surface area (Å²) in [6.07, 6.45) is -4.70. The Kier molecular flexibility index (Phi) is 5.33. The number of hydrogen-bond acceptors (Lipinski definition) is 4. The van der Waals surface area contributed by atoms with Crippen LogP contribution in [0.1, 0.15) is 21.7 Å². The SMILES string of the molecule is Cc1c(Cl)cccc1NC(=O)c1nn2c(C(F)(F)F)cc(-c3cccs3)nc2c1Br. The lowest BCUT2D eigenvalue weighted by molar-refractivity contribution is -0.142. The first kappa shape index (κ1) is 20.8. The number of nitrogens with one attached hydrogen (secondary N) is 1. The minimum absolute atomic E-state index is 0.0589. The Bertz CT molecular complexity index is 1270. The van der Waals surface area contributed by atoms with Gasteiger partial charge in [-0.3, -0.25) is 4.79 Å². The van der Waals surface area contributed by atoms with Crippen LogP contribution in [0.15, 0.2) is 46.3 Å². The summed E-state index contributed by atoms with van der Waals surface area (Å²) in [5, 5.41) is 8.72. The maximum Gasteiger partial charge on any atom is 0.433 e. The lowest BCUT2D eigenvalue weighted by Gasteiger charge is -2.10. The third-order valence-electron chi connectivity index (χ3n) is 4.33. The number of fused-ring (bicyclic) bond motifs is 1. The quantitative estimate of drug-likeness (QED) is 0.341. The van der Waals surface area contributed by atoms with Crippen molar-refractivity contribution in [3.05, 3.63) is 68.2 Å². The molecule has 154 valence electrons. The van der Waals surface area contributed by atoms with Gasteiger partial charge in [-0.25, -0.2) is 9.50 Å². The molecule has 0 aliphatic carbocycles. The fourth-order valence-electron chi connectivity index (χ4n) is 2.81. The predicted molar refractivity (Wildman–Crippen MR) is 113 cm³/mol. The van der Waals surface area contributed by atoms with Gasteiger partial charge >= 0.3 is 6.18 Å². The van der Waals surface area contributed by atoms with Crippen LogP contribution in [-0.2, 0) is 6.18 Å². The number of carbonyl (C=O) groups is 1. The second kappa shape index (κ2) is 7.68. The largest absolute Gasteiger partial charge is 0.433 e. The highest BCUT2D eigenvalue weighted by Gasteiger charge is 2.36. The number of aromatic nitrogens is 3. The molecule has 0 fully saturated rings. The van der Waals surface area contributed by atoms with Crippen LogP contribution in [0.25, 0.3) is 16.2 Å². The molecule has 1 aromatic carbocycles. The van der Waals surface area contributed by atoms with E-state index in [1.165, 1.54) is 11.3 Å². The number of carbonyl (C=O) groups excluding carboxylic acids is 1. The molecular formula is C19H11BrClF3N4OS. The van der Waals surface area contributed by atoms with Crippen LogP contribution in [0, 0.1) is 6.92 Å². The summed E-state index contributed by atoms with van der Waals surface area (Å²) >= 11 is 10.5. The molecule has 3 heterocycles. The average Bonchev–Trinajstić information content (AvgIpc) is 3.32. The van der Waals surface area contributed by atoms with Gasteiger partial charge in [0.25, 0.3) is 5.91 Å². The minimum atomic E-state index is -4.70. The molecule has 0 unspecified atom stereocenters.